The SMILES string of the molecule is CCc1csc(CNC(=O)c2cc(NC(C)=O)ccc2Cl)n1. The lowest BCUT2D eigenvalue weighted by atomic mass is 10.2. The summed E-state index contributed by atoms with van der Waals surface area (Å²) >= 11 is 7.56. The van der Waals surface area contributed by atoms with Crippen molar-refractivity contribution in [2.45, 2.75) is 26.8 Å². The summed E-state index contributed by atoms with van der Waals surface area (Å²) in [5, 5.41) is 8.57. The van der Waals surface area contributed by atoms with Gasteiger partial charge in [0, 0.05) is 18.0 Å². The summed E-state index contributed by atoms with van der Waals surface area (Å²) < 4.78 is 0. The van der Waals surface area contributed by atoms with Crippen LogP contribution in [0.2, 0.25) is 5.02 Å². The molecule has 0 aliphatic rings. The molecule has 2 rings (SSSR count). The number of amides is 2. The van der Waals surface area contributed by atoms with Crippen LogP contribution in [0.25, 0.3) is 0 Å². The van der Waals surface area contributed by atoms with E-state index in [-0.39, 0.29) is 11.8 Å². The van der Waals surface area contributed by atoms with Gasteiger partial charge in [0.25, 0.3) is 5.91 Å². The van der Waals surface area contributed by atoms with Crippen molar-refractivity contribution in [3.05, 3.63) is 44.9 Å². The molecule has 0 saturated carbocycles. The van der Waals surface area contributed by atoms with Crippen LogP contribution in [-0.2, 0) is 17.8 Å². The fourth-order valence-corrected chi connectivity index (χ4v) is 2.84. The van der Waals surface area contributed by atoms with Crippen molar-refractivity contribution in [2.75, 3.05) is 5.32 Å². The third kappa shape index (κ3) is 4.29. The number of benzene rings is 1. The van der Waals surface area contributed by atoms with Gasteiger partial charge in [0.1, 0.15) is 5.01 Å². The molecule has 0 unspecified atom stereocenters. The minimum absolute atomic E-state index is 0.205. The molecule has 116 valence electrons. The fraction of sp³-hybridized carbons (Fsp3) is 0.267. The number of hydrogen-bond acceptors (Lipinski definition) is 4. The van der Waals surface area contributed by atoms with Crippen LogP contribution in [0.15, 0.2) is 23.6 Å². The molecule has 0 fully saturated rings. The highest BCUT2D eigenvalue weighted by Gasteiger charge is 2.12. The molecule has 0 spiro atoms. The third-order valence-corrected chi connectivity index (χ3v) is 4.12. The molecule has 0 aliphatic carbocycles. The highest BCUT2D eigenvalue weighted by atomic mass is 35.5. The van der Waals surface area contributed by atoms with Crippen LogP contribution in [0.5, 0.6) is 0 Å². The Balaban J connectivity index is 2.06. The van der Waals surface area contributed by atoms with Gasteiger partial charge < -0.3 is 10.6 Å². The predicted octanol–water partition coefficient (Wildman–Crippen LogP) is 3.25. The number of carbonyl (C=O) groups is 2. The summed E-state index contributed by atoms with van der Waals surface area (Å²) in [6.45, 7) is 3.79. The fourth-order valence-electron chi connectivity index (χ4n) is 1.82. The largest absolute Gasteiger partial charge is 0.345 e. The van der Waals surface area contributed by atoms with Crippen molar-refractivity contribution >= 4 is 40.4 Å². The van der Waals surface area contributed by atoms with Crippen LogP contribution in [0.3, 0.4) is 0 Å². The van der Waals surface area contributed by atoms with E-state index in [2.05, 4.69) is 15.6 Å². The van der Waals surface area contributed by atoms with Gasteiger partial charge in [0.2, 0.25) is 5.91 Å². The molecule has 5 nitrogen and oxygen atoms in total. The Morgan fingerprint density at radius 2 is 2.14 bits per heavy atom. The predicted molar refractivity (Wildman–Crippen MR) is 88.4 cm³/mol. The van der Waals surface area contributed by atoms with Crippen molar-refractivity contribution in [1.82, 2.24) is 10.3 Å². The molecule has 0 bridgehead atoms. The second-order valence-corrected chi connectivity index (χ2v) is 5.99. The van der Waals surface area contributed by atoms with E-state index in [1.165, 1.54) is 18.3 Å². The van der Waals surface area contributed by atoms with Gasteiger partial charge in [-0.25, -0.2) is 4.98 Å². The molecule has 0 saturated heterocycles. The lowest BCUT2D eigenvalue weighted by Crippen LogP contribution is -2.23. The van der Waals surface area contributed by atoms with Gasteiger partial charge in [-0.2, -0.15) is 0 Å². The third-order valence-electron chi connectivity index (χ3n) is 2.89. The standard InChI is InChI=1S/C15H16ClN3O2S/c1-3-10-8-22-14(19-10)7-17-15(21)12-6-11(18-9(2)20)4-5-13(12)16/h4-6,8H,3,7H2,1-2H3,(H,17,21)(H,18,20). The second kappa shape index (κ2) is 7.38. The van der Waals surface area contributed by atoms with Gasteiger partial charge in [0.15, 0.2) is 0 Å². The molecule has 2 amide bonds. The first-order valence-electron chi connectivity index (χ1n) is 6.78. The monoisotopic (exact) mass is 337 g/mol. The van der Waals surface area contributed by atoms with Crippen molar-refractivity contribution in [3.8, 4) is 0 Å². The van der Waals surface area contributed by atoms with Crippen LogP contribution in [-0.4, -0.2) is 16.8 Å². The normalized spacial score (nSPS) is 10.3. The molecular weight excluding hydrogens is 322 g/mol. The average molecular weight is 338 g/mol. The van der Waals surface area contributed by atoms with Crippen LogP contribution in [0.1, 0.15) is 34.9 Å². The first-order valence-corrected chi connectivity index (χ1v) is 8.04. The molecule has 0 atom stereocenters. The van der Waals surface area contributed by atoms with Crippen molar-refractivity contribution in [2.24, 2.45) is 0 Å². The maximum atomic E-state index is 12.2. The second-order valence-electron chi connectivity index (χ2n) is 4.64. The van der Waals surface area contributed by atoms with Crippen molar-refractivity contribution in [1.29, 1.82) is 0 Å². The zero-order chi connectivity index (χ0) is 16.1. The highest BCUT2D eigenvalue weighted by molar-refractivity contribution is 7.09. The number of nitrogens with zero attached hydrogens (tertiary/aromatic N) is 1. The molecule has 2 N–H and O–H groups in total. The van der Waals surface area contributed by atoms with Gasteiger partial charge in [0.05, 0.1) is 22.8 Å². The minimum Gasteiger partial charge on any atom is -0.345 e. The Morgan fingerprint density at radius 1 is 1.36 bits per heavy atom. The van der Waals surface area contributed by atoms with E-state index in [4.69, 9.17) is 11.6 Å². The Bertz CT molecular complexity index is 700. The van der Waals surface area contributed by atoms with Gasteiger partial charge in [-0.15, -0.1) is 11.3 Å². The minimum atomic E-state index is -0.301. The zero-order valence-corrected chi connectivity index (χ0v) is 13.8. The molecule has 22 heavy (non-hydrogen) atoms. The van der Waals surface area contributed by atoms with Crippen LogP contribution >= 0.6 is 22.9 Å². The van der Waals surface area contributed by atoms with Crippen molar-refractivity contribution in [3.63, 3.8) is 0 Å². The van der Waals surface area contributed by atoms with E-state index in [0.29, 0.717) is 22.8 Å². The first kappa shape index (κ1) is 16.5. The molecule has 0 radical (unpaired) electrons. The molecule has 1 aromatic carbocycles. The Morgan fingerprint density at radius 3 is 2.77 bits per heavy atom. The van der Waals surface area contributed by atoms with E-state index in [1.54, 1.807) is 18.2 Å². The quantitative estimate of drug-likeness (QED) is 0.879. The van der Waals surface area contributed by atoms with E-state index >= 15 is 0 Å². The lowest BCUT2D eigenvalue weighted by Gasteiger charge is -2.08. The maximum absolute atomic E-state index is 12.2. The molecule has 0 aliphatic heterocycles. The van der Waals surface area contributed by atoms with Gasteiger partial charge in [-0.1, -0.05) is 18.5 Å². The summed E-state index contributed by atoms with van der Waals surface area (Å²) in [7, 11) is 0. The number of aryl methyl sites for hydroxylation is 1. The Kier molecular flexibility index (Phi) is 5.51. The molecular formula is C15H16ClN3O2S. The van der Waals surface area contributed by atoms with Gasteiger partial charge in [-0.3, -0.25) is 9.59 Å². The van der Waals surface area contributed by atoms with Crippen LogP contribution in [0.4, 0.5) is 5.69 Å². The molecule has 2 aromatic rings. The van der Waals surface area contributed by atoms with Crippen LogP contribution in [0, 0.1) is 0 Å². The summed E-state index contributed by atoms with van der Waals surface area (Å²) in [5.41, 5.74) is 1.87. The Hall–Kier alpha value is -1.92. The topological polar surface area (TPSA) is 71.1 Å². The molecule has 1 heterocycles. The highest BCUT2D eigenvalue weighted by Crippen LogP contribution is 2.21. The van der Waals surface area contributed by atoms with E-state index < -0.39 is 0 Å². The smallest absolute Gasteiger partial charge is 0.253 e. The average Bonchev–Trinajstić information content (AvgIpc) is 2.94. The number of thiazole rings is 1. The number of anilines is 1. The van der Waals surface area contributed by atoms with E-state index in [9.17, 15) is 9.59 Å². The summed E-state index contributed by atoms with van der Waals surface area (Å²) in [5.74, 6) is -0.506. The van der Waals surface area contributed by atoms with Gasteiger partial charge in [-0.05, 0) is 24.6 Å². The summed E-state index contributed by atoms with van der Waals surface area (Å²) in [6, 6.07) is 4.79. The number of hydrogen-bond donors (Lipinski definition) is 2. The number of nitrogens with one attached hydrogen (secondary N) is 2. The lowest BCUT2D eigenvalue weighted by molar-refractivity contribution is -0.114. The number of halogens is 1. The van der Waals surface area contributed by atoms with E-state index in [1.807, 2.05) is 12.3 Å². The Labute approximate surface area is 137 Å². The number of rotatable bonds is 5. The molecule has 1 aromatic heterocycles. The summed E-state index contributed by atoms with van der Waals surface area (Å²) in [6.07, 6.45) is 0.870. The first-order chi connectivity index (χ1) is 10.5. The summed E-state index contributed by atoms with van der Waals surface area (Å²) in [4.78, 5) is 27.7. The number of carbonyl (C=O) groups excluding carboxylic acids is 2. The molecule has 7 heteroatoms. The van der Waals surface area contributed by atoms with Crippen molar-refractivity contribution < 1.29 is 9.59 Å². The van der Waals surface area contributed by atoms with Crippen LogP contribution < -0.4 is 10.6 Å². The zero-order valence-electron chi connectivity index (χ0n) is 12.3. The maximum Gasteiger partial charge on any atom is 0.253 e. The van der Waals surface area contributed by atoms with E-state index in [0.717, 1.165) is 17.1 Å². The number of aromatic nitrogens is 1. The van der Waals surface area contributed by atoms with Gasteiger partial charge >= 0.3 is 0 Å².